The van der Waals surface area contributed by atoms with Gasteiger partial charge >= 0.3 is 0 Å². The Labute approximate surface area is 143 Å². The number of nitrogens with one attached hydrogen (secondary N) is 1. The quantitative estimate of drug-likeness (QED) is 0.824. The van der Waals surface area contributed by atoms with Crippen LogP contribution in [0.4, 0.5) is 5.69 Å². The molecule has 3 N–H and O–H groups in total. The lowest BCUT2D eigenvalue weighted by molar-refractivity contribution is -0.129. The number of benzene rings is 1. The SMILES string of the molecule is CC1(CN)CCN(C(=O)Cc2cccc(NS(C)(=O)=O)c2)C1.Cl. The number of nitrogens with zero attached hydrogens (tertiary/aromatic N) is 1. The number of hydrogen-bond acceptors (Lipinski definition) is 4. The number of anilines is 1. The maximum Gasteiger partial charge on any atom is 0.229 e. The van der Waals surface area contributed by atoms with Gasteiger partial charge < -0.3 is 10.6 Å². The highest BCUT2D eigenvalue weighted by molar-refractivity contribution is 7.92. The van der Waals surface area contributed by atoms with Gasteiger partial charge in [0.15, 0.2) is 0 Å². The summed E-state index contributed by atoms with van der Waals surface area (Å²) >= 11 is 0. The number of nitrogens with two attached hydrogens (primary N) is 1. The third kappa shape index (κ3) is 5.67. The van der Waals surface area contributed by atoms with Crippen molar-refractivity contribution in [1.82, 2.24) is 4.90 Å². The van der Waals surface area contributed by atoms with Gasteiger partial charge in [0, 0.05) is 18.8 Å². The molecule has 0 radical (unpaired) electrons. The molecule has 0 spiro atoms. The van der Waals surface area contributed by atoms with Crippen molar-refractivity contribution in [3.05, 3.63) is 29.8 Å². The topological polar surface area (TPSA) is 92.5 Å². The molecular formula is C15H24ClN3O3S. The second-order valence-corrected chi connectivity index (χ2v) is 8.08. The third-order valence-electron chi connectivity index (χ3n) is 3.99. The van der Waals surface area contributed by atoms with E-state index >= 15 is 0 Å². The van der Waals surface area contributed by atoms with Crippen molar-refractivity contribution in [3.63, 3.8) is 0 Å². The first-order valence-electron chi connectivity index (χ1n) is 7.25. The van der Waals surface area contributed by atoms with Crippen LogP contribution in [0, 0.1) is 5.41 Å². The highest BCUT2D eigenvalue weighted by atomic mass is 35.5. The van der Waals surface area contributed by atoms with Crippen LogP contribution in [0.5, 0.6) is 0 Å². The van der Waals surface area contributed by atoms with Crippen LogP contribution in [-0.4, -0.2) is 45.1 Å². The van der Waals surface area contributed by atoms with Gasteiger partial charge in [-0.25, -0.2) is 8.42 Å². The molecule has 2 rings (SSSR count). The minimum absolute atomic E-state index is 0. The Bertz CT molecular complexity index is 666. The zero-order valence-electron chi connectivity index (χ0n) is 13.4. The van der Waals surface area contributed by atoms with Crippen molar-refractivity contribution < 1.29 is 13.2 Å². The van der Waals surface area contributed by atoms with Crippen molar-refractivity contribution >= 4 is 34.0 Å². The fraction of sp³-hybridized carbons (Fsp3) is 0.533. The molecule has 1 aliphatic rings. The largest absolute Gasteiger partial charge is 0.342 e. The summed E-state index contributed by atoms with van der Waals surface area (Å²) in [4.78, 5) is 14.2. The molecule has 0 saturated carbocycles. The second-order valence-electron chi connectivity index (χ2n) is 6.33. The Balaban J connectivity index is 0.00000264. The van der Waals surface area contributed by atoms with Gasteiger partial charge in [0.05, 0.1) is 12.7 Å². The zero-order valence-corrected chi connectivity index (χ0v) is 15.0. The molecule has 130 valence electrons. The van der Waals surface area contributed by atoms with E-state index in [1.165, 1.54) is 0 Å². The average molecular weight is 362 g/mol. The molecular weight excluding hydrogens is 338 g/mol. The van der Waals surface area contributed by atoms with Crippen molar-refractivity contribution in [2.75, 3.05) is 30.6 Å². The van der Waals surface area contributed by atoms with Crippen LogP contribution >= 0.6 is 12.4 Å². The van der Waals surface area contributed by atoms with Crippen molar-refractivity contribution in [2.24, 2.45) is 11.1 Å². The number of carbonyl (C=O) groups excluding carboxylic acids is 1. The smallest absolute Gasteiger partial charge is 0.229 e. The molecule has 0 aliphatic carbocycles. The summed E-state index contributed by atoms with van der Waals surface area (Å²) in [6.45, 7) is 4.08. The molecule has 1 saturated heterocycles. The van der Waals surface area contributed by atoms with Crippen LogP contribution in [0.25, 0.3) is 0 Å². The maximum absolute atomic E-state index is 12.4. The van der Waals surface area contributed by atoms with Crippen molar-refractivity contribution in [1.29, 1.82) is 0 Å². The first kappa shape index (κ1) is 19.7. The second kappa shape index (κ2) is 7.51. The molecule has 1 aliphatic heterocycles. The highest BCUT2D eigenvalue weighted by Gasteiger charge is 2.34. The van der Waals surface area contributed by atoms with Gasteiger partial charge in [0.2, 0.25) is 15.9 Å². The molecule has 1 fully saturated rings. The van der Waals surface area contributed by atoms with Crippen LogP contribution < -0.4 is 10.5 Å². The first-order valence-corrected chi connectivity index (χ1v) is 9.14. The van der Waals surface area contributed by atoms with Crippen LogP contribution in [0.15, 0.2) is 24.3 Å². The molecule has 0 bridgehead atoms. The van der Waals surface area contributed by atoms with E-state index in [4.69, 9.17) is 5.73 Å². The molecule has 1 aromatic carbocycles. The minimum Gasteiger partial charge on any atom is -0.342 e. The Hall–Kier alpha value is -1.31. The molecule has 1 heterocycles. The lowest BCUT2D eigenvalue weighted by Crippen LogP contribution is -2.35. The summed E-state index contributed by atoms with van der Waals surface area (Å²) in [6.07, 6.45) is 2.29. The maximum atomic E-state index is 12.4. The van der Waals surface area contributed by atoms with E-state index in [0.29, 0.717) is 18.8 Å². The monoisotopic (exact) mass is 361 g/mol. The molecule has 1 amide bonds. The molecule has 1 aromatic rings. The Kier molecular flexibility index (Phi) is 6.44. The number of likely N-dealkylation sites (tertiary alicyclic amines) is 1. The Morgan fingerprint density at radius 2 is 2.13 bits per heavy atom. The third-order valence-corrected chi connectivity index (χ3v) is 4.60. The van der Waals surface area contributed by atoms with Gasteiger partial charge in [-0.1, -0.05) is 19.1 Å². The lowest BCUT2D eigenvalue weighted by atomic mass is 9.90. The predicted octanol–water partition coefficient (Wildman–Crippen LogP) is 1.22. The number of hydrogen-bond donors (Lipinski definition) is 2. The Morgan fingerprint density at radius 3 is 2.70 bits per heavy atom. The Morgan fingerprint density at radius 1 is 1.43 bits per heavy atom. The van der Waals surface area contributed by atoms with E-state index in [9.17, 15) is 13.2 Å². The minimum atomic E-state index is -3.32. The summed E-state index contributed by atoms with van der Waals surface area (Å²) < 4.78 is 24.9. The van der Waals surface area contributed by atoms with Gasteiger partial charge in [0.25, 0.3) is 0 Å². The van der Waals surface area contributed by atoms with E-state index in [2.05, 4.69) is 11.6 Å². The molecule has 8 heteroatoms. The highest BCUT2D eigenvalue weighted by Crippen LogP contribution is 2.28. The van der Waals surface area contributed by atoms with Gasteiger partial charge in [-0.3, -0.25) is 9.52 Å². The normalized spacial score (nSPS) is 20.9. The summed E-state index contributed by atoms with van der Waals surface area (Å²) in [5, 5.41) is 0. The van der Waals surface area contributed by atoms with Crippen LogP contribution in [0.1, 0.15) is 18.9 Å². The van der Waals surface area contributed by atoms with E-state index in [1.54, 1.807) is 18.2 Å². The fourth-order valence-corrected chi connectivity index (χ4v) is 3.20. The number of carbonyl (C=O) groups is 1. The van der Waals surface area contributed by atoms with Crippen molar-refractivity contribution in [2.45, 2.75) is 19.8 Å². The molecule has 6 nitrogen and oxygen atoms in total. The van der Waals surface area contributed by atoms with Crippen LogP contribution in [0.3, 0.4) is 0 Å². The summed E-state index contributed by atoms with van der Waals surface area (Å²) in [5.74, 6) is 0.0497. The van der Waals surface area contributed by atoms with Gasteiger partial charge in [-0.15, -0.1) is 12.4 Å². The first-order chi connectivity index (χ1) is 10.2. The fourth-order valence-electron chi connectivity index (χ4n) is 2.65. The average Bonchev–Trinajstić information content (AvgIpc) is 2.81. The summed E-state index contributed by atoms with van der Waals surface area (Å²) in [7, 11) is -3.32. The number of halogens is 1. The number of rotatable bonds is 5. The van der Waals surface area contributed by atoms with E-state index in [1.807, 2.05) is 11.0 Å². The van der Waals surface area contributed by atoms with E-state index in [-0.39, 0.29) is 30.2 Å². The predicted molar refractivity (Wildman–Crippen MR) is 94.2 cm³/mol. The standard InChI is InChI=1S/C15H23N3O3S.ClH/c1-15(10-16)6-7-18(11-15)14(19)9-12-4-3-5-13(8-12)17-22(2,20)21;/h3-5,8,17H,6-7,9-11,16H2,1-2H3;1H. The molecule has 1 unspecified atom stereocenters. The molecule has 1 atom stereocenters. The number of amides is 1. The zero-order chi connectivity index (χ0) is 16.4. The van der Waals surface area contributed by atoms with E-state index < -0.39 is 10.0 Å². The summed E-state index contributed by atoms with van der Waals surface area (Å²) in [6, 6.07) is 6.92. The lowest BCUT2D eigenvalue weighted by Gasteiger charge is -2.22. The van der Waals surface area contributed by atoms with Crippen LogP contribution in [0.2, 0.25) is 0 Å². The van der Waals surface area contributed by atoms with Gasteiger partial charge in [-0.05, 0) is 36.1 Å². The molecule has 23 heavy (non-hydrogen) atoms. The van der Waals surface area contributed by atoms with Crippen molar-refractivity contribution in [3.8, 4) is 0 Å². The molecule has 0 aromatic heterocycles. The van der Waals surface area contributed by atoms with Gasteiger partial charge in [-0.2, -0.15) is 0 Å². The van der Waals surface area contributed by atoms with Crippen LogP contribution in [-0.2, 0) is 21.2 Å². The number of sulfonamides is 1. The summed E-state index contributed by atoms with van der Waals surface area (Å²) in [5.41, 5.74) is 7.03. The van der Waals surface area contributed by atoms with E-state index in [0.717, 1.165) is 24.8 Å². The van der Waals surface area contributed by atoms with Gasteiger partial charge in [0.1, 0.15) is 0 Å².